The van der Waals surface area contributed by atoms with Crippen molar-refractivity contribution in [2.24, 2.45) is 0 Å². The highest BCUT2D eigenvalue weighted by atomic mass is 16.7. The van der Waals surface area contributed by atoms with Crippen LogP contribution in [0.5, 0.6) is 5.75 Å². The van der Waals surface area contributed by atoms with Crippen LogP contribution in [-0.2, 0) is 21.7 Å². The molecule has 0 N–H and O–H groups in total. The minimum absolute atomic E-state index is 0.0139. The second-order valence-electron chi connectivity index (χ2n) is 8.40. The number of aromatic nitrogens is 1. The highest BCUT2D eigenvalue weighted by Gasteiger charge is 2.45. The molecule has 1 unspecified atom stereocenters. The van der Waals surface area contributed by atoms with E-state index < -0.39 is 5.41 Å². The van der Waals surface area contributed by atoms with Gasteiger partial charge in [0.15, 0.2) is 0 Å². The average Bonchev–Trinajstić information content (AvgIpc) is 3.01. The molecule has 0 aliphatic carbocycles. The Morgan fingerprint density at radius 2 is 1.87 bits per heavy atom. The molecule has 0 bridgehead atoms. The monoisotopic (exact) mass is 404 g/mol. The number of hydroxylamine groups is 2. The van der Waals surface area contributed by atoms with Crippen LogP contribution in [-0.4, -0.2) is 28.6 Å². The average molecular weight is 405 g/mol. The Kier molecular flexibility index (Phi) is 5.48. The standard InChI is InChI=1S/C25H28N2O3/c1-17(2)30-27-14-13-25(4,24(27)28)20-9-11-21(12-10-20)29-16-19-15-18(3)26-23-8-6-5-7-22(19)23/h5-12,15,17H,13-14,16H2,1-4H3. The number of fused-ring (bicyclic) bond motifs is 1. The maximum atomic E-state index is 12.9. The van der Waals surface area contributed by atoms with E-state index >= 15 is 0 Å². The summed E-state index contributed by atoms with van der Waals surface area (Å²) in [6.45, 7) is 8.93. The highest BCUT2D eigenvalue weighted by molar-refractivity contribution is 5.89. The molecule has 1 amide bonds. The lowest BCUT2D eigenvalue weighted by Crippen LogP contribution is -2.37. The number of carbonyl (C=O) groups excluding carboxylic acids is 1. The molecule has 156 valence electrons. The Hall–Kier alpha value is -2.92. The second-order valence-corrected chi connectivity index (χ2v) is 8.40. The number of rotatable bonds is 6. The van der Waals surface area contributed by atoms with E-state index in [9.17, 15) is 4.79 Å². The first kappa shape index (κ1) is 20.4. The van der Waals surface area contributed by atoms with Crippen LogP contribution in [0.3, 0.4) is 0 Å². The van der Waals surface area contributed by atoms with E-state index in [0.717, 1.165) is 39.9 Å². The molecule has 1 fully saturated rings. The normalized spacial score (nSPS) is 19.1. The van der Waals surface area contributed by atoms with Crippen molar-refractivity contribution in [2.75, 3.05) is 6.54 Å². The Labute approximate surface area is 177 Å². The number of pyridine rings is 1. The van der Waals surface area contributed by atoms with Crippen LogP contribution in [0.15, 0.2) is 54.6 Å². The molecular weight excluding hydrogens is 376 g/mol. The first-order valence-electron chi connectivity index (χ1n) is 10.4. The van der Waals surface area contributed by atoms with E-state index in [1.165, 1.54) is 5.06 Å². The van der Waals surface area contributed by atoms with Crippen LogP contribution >= 0.6 is 0 Å². The predicted octanol–water partition coefficient (Wildman–Crippen LogP) is 4.95. The van der Waals surface area contributed by atoms with Crippen molar-refractivity contribution >= 4 is 16.8 Å². The van der Waals surface area contributed by atoms with Crippen molar-refractivity contribution in [3.63, 3.8) is 0 Å². The number of hydrogen-bond donors (Lipinski definition) is 0. The van der Waals surface area contributed by atoms with E-state index in [0.29, 0.717) is 13.2 Å². The lowest BCUT2D eigenvalue weighted by molar-refractivity contribution is -0.193. The third kappa shape index (κ3) is 3.90. The number of amides is 1. The molecule has 2 heterocycles. The van der Waals surface area contributed by atoms with Crippen molar-refractivity contribution in [2.45, 2.75) is 52.2 Å². The Bertz CT molecular complexity index is 1060. The van der Waals surface area contributed by atoms with Gasteiger partial charge >= 0.3 is 0 Å². The van der Waals surface area contributed by atoms with Crippen LogP contribution in [0.4, 0.5) is 0 Å². The summed E-state index contributed by atoms with van der Waals surface area (Å²) in [5, 5.41) is 2.61. The first-order chi connectivity index (χ1) is 14.4. The van der Waals surface area contributed by atoms with Crippen molar-refractivity contribution < 1.29 is 14.4 Å². The molecule has 2 aromatic carbocycles. The van der Waals surface area contributed by atoms with Gasteiger partial charge in [0.25, 0.3) is 5.91 Å². The summed E-state index contributed by atoms with van der Waals surface area (Å²) >= 11 is 0. The molecule has 5 heteroatoms. The van der Waals surface area contributed by atoms with Gasteiger partial charge in [0.1, 0.15) is 12.4 Å². The molecule has 4 rings (SSSR count). The number of benzene rings is 2. The summed E-state index contributed by atoms with van der Waals surface area (Å²) in [5.41, 5.74) is 3.49. The van der Waals surface area contributed by atoms with E-state index in [-0.39, 0.29) is 12.0 Å². The van der Waals surface area contributed by atoms with Crippen LogP contribution in [0.2, 0.25) is 0 Å². The molecule has 1 saturated heterocycles. The Morgan fingerprint density at radius 1 is 1.13 bits per heavy atom. The zero-order chi connectivity index (χ0) is 21.3. The lowest BCUT2D eigenvalue weighted by atomic mass is 9.81. The van der Waals surface area contributed by atoms with E-state index in [2.05, 4.69) is 17.1 Å². The molecule has 0 spiro atoms. The van der Waals surface area contributed by atoms with Gasteiger partial charge in [-0.3, -0.25) is 14.6 Å². The largest absolute Gasteiger partial charge is 0.489 e. The fraction of sp³-hybridized carbons (Fsp3) is 0.360. The molecule has 1 atom stereocenters. The fourth-order valence-corrected chi connectivity index (χ4v) is 4.03. The van der Waals surface area contributed by atoms with E-state index in [4.69, 9.17) is 9.57 Å². The van der Waals surface area contributed by atoms with Gasteiger partial charge in [-0.15, -0.1) is 0 Å². The highest BCUT2D eigenvalue weighted by Crippen LogP contribution is 2.36. The summed E-state index contributed by atoms with van der Waals surface area (Å²) in [5.74, 6) is 0.797. The number of aryl methyl sites for hydroxylation is 1. The van der Waals surface area contributed by atoms with Crippen LogP contribution in [0, 0.1) is 6.92 Å². The Morgan fingerprint density at radius 3 is 2.60 bits per heavy atom. The molecule has 30 heavy (non-hydrogen) atoms. The second kappa shape index (κ2) is 8.07. The SMILES string of the molecule is Cc1cc(COc2ccc(C3(C)CCN(OC(C)C)C3=O)cc2)c2ccccc2n1. The molecular formula is C25H28N2O3. The molecule has 0 saturated carbocycles. The van der Waals surface area contributed by atoms with Gasteiger partial charge in [0, 0.05) is 16.6 Å². The third-order valence-corrected chi connectivity index (χ3v) is 5.67. The molecule has 1 aromatic heterocycles. The van der Waals surface area contributed by atoms with Crippen LogP contribution < -0.4 is 4.74 Å². The van der Waals surface area contributed by atoms with Gasteiger partial charge in [0.2, 0.25) is 0 Å². The zero-order valence-corrected chi connectivity index (χ0v) is 18.0. The van der Waals surface area contributed by atoms with Gasteiger partial charge in [0.05, 0.1) is 23.6 Å². The summed E-state index contributed by atoms with van der Waals surface area (Å²) in [4.78, 5) is 23.1. The quantitative estimate of drug-likeness (QED) is 0.583. The summed E-state index contributed by atoms with van der Waals surface area (Å²) in [6, 6.07) is 18.0. The Balaban J connectivity index is 1.48. The molecule has 1 aliphatic rings. The third-order valence-electron chi connectivity index (χ3n) is 5.67. The number of nitrogens with zero attached hydrogens (tertiary/aromatic N) is 2. The molecule has 0 radical (unpaired) electrons. The minimum Gasteiger partial charge on any atom is -0.489 e. The van der Waals surface area contributed by atoms with Crippen molar-refractivity contribution in [3.8, 4) is 5.75 Å². The van der Waals surface area contributed by atoms with E-state index in [1.807, 2.05) is 70.2 Å². The zero-order valence-electron chi connectivity index (χ0n) is 18.0. The topological polar surface area (TPSA) is 51.7 Å². The maximum Gasteiger partial charge on any atom is 0.256 e. The van der Waals surface area contributed by atoms with Gasteiger partial charge in [-0.25, -0.2) is 5.06 Å². The summed E-state index contributed by atoms with van der Waals surface area (Å²) in [6.07, 6.45) is 0.723. The summed E-state index contributed by atoms with van der Waals surface area (Å²) in [7, 11) is 0. The first-order valence-corrected chi connectivity index (χ1v) is 10.4. The minimum atomic E-state index is -0.564. The number of ether oxygens (including phenoxy) is 1. The molecule has 5 nitrogen and oxygen atoms in total. The van der Waals surface area contributed by atoms with Crippen molar-refractivity contribution in [3.05, 3.63) is 71.4 Å². The van der Waals surface area contributed by atoms with Gasteiger partial charge < -0.3 is 4.74 Å². The van der Waals surface area contributed by atoms with Gasteiger partial charge in [-0.2, -0.15) is 0 Å². The number of carbonyl (C=O) groups is 1. The van der Waals surface area contributed by atoms with E-state index in [1.54, 1.807) is 0 Å². The number of hydrogen-bond acceptors (Lipinski definition) is 4. The van der Waals surface area contributed by atoms with Gasteiger partial charge in [-0.1, -0.05) is 30.3 Å². The van der Waals surface area contributed by atoms with Crippen molar-refractivity contribution in [1.82, 2.24) is 10.0 Å². The summed E-state index contributed by atoms with van der Waals surface area (Å²) < 4.78 is 6.06. The maximum absolute atomic E-state index is 12.9. The van der Waals surface area contributed by atoms with Gasteiger partial charge in [-0.05, 0) is 63.9 Å². The van der Waals surface area contributed by atoms with Crippen LogP contribution in [0.25, 0.3) is 10.9 Å². The molecule has 1 aliphatic heterocycles. The fourth-order valence-electron chi connectivity index (χ4n) is 4.03. The van der Waals surface area contributed by atoms with Crippen LogP contribution in [0.1, 0.15) is 44.0 Å². The lowest BCUT2D eigenvalue weighted by Gasteiger charge is -2.24. The van der Waals surface area contributed by atoms with Crippen molar-refractivity contribution in [1.29, 1.82) is 0 Å². The number of para-hydroxylation sites is 1. The predicted molar refractivity (Wildman–Crippen MR) is 117 cm³/mol. The molecule has 3 aromatic rings. The smallest absolute Gasteiger partial charge is 0.256 e.